The molecule has 0 saturated heterocycles. The van der Waals surface area contributed by atoms with Crippen LogP contribution in [0.3, 0.4) is 0 Å². The molecule has 3 heteroatoms. The lowest BCUT2D eigenvalue weighted by Gasteiger charge is -2.09. The quantitative estimate of drug-likeness (QED) is 0.626. The van der Waals surface area contributed by atoms with Gasteiger partial charge in [0.2, 0.25) is 0 Å². The predicted octanol–water partition coefficient (Wildman–Crippen LogP) is 4.06. The summed E-state index contributed by atoms with van der Waals surface area (Å²) in [6, 6.07) is 6.52. The highest BCUT2D eigenvalue weighted by atomic mass is 79.9. The Hall–Kier alpha value is 0.01000. The summed E-state index contributed by atoms with van der Waals surface area (Å²) in [6.45, 7) is 6.45. The van der Waals surface area contributed by atoms with Crippen LogP contribution >= 0.6 is 27.7 Å². The molecule has 0 bridgehead atoms. The Bertz CT molecular complexity index is 302. The number of halogens is 1. The van der Waals surface area contributed by atoms with E-state index in [0.29, 0.717) is 0 Å². The number of benzene rings is 1. The summed E-state index contributed by atoms with van der Waals surface area (Å²) in [4.78, 5) is 1.38. The van der Waals surface area contributed by atoms with Gasteiger partial charge in [0.15, 0.2) is 0 Å². The average Bonchev–Trinajstić information content (AvgIpc) is 2.22. The third kappa shape index (κ3) is 4.58. The summed E-state index contributed by atoms with van der Waals surface area (Å²) in [5.41, 5.74) is 1.40. The topological polar surface area (TPSA) is 12.0 Å². The highest BCUT2D eigenvalue weighted by Gasteiger charge is 2.02. The fourth-order valence-electron chi connectivity index (χ4n) is 1.36. The van der Waals surface area contributed by atoms with E-state index in [1.807, 2.05) is 11.8 Å². The van der Waals surface area contributed by atoms with Gasteiger partial charge in [0.05, 0.1) is 0 Å². The maximum atomic E-state index is 3.51. The van der Waals surface area contributed by atoms with E-state index in [9.17, 15) is 0 Å². The van der Waals surface area contributed by atoms with Gasteiger partial charge >= 0.3 is 0 Å². The van der Waals surface area contributed by atoms with Crippen LogP contribution < -0.4 is 5.32 Å². The van der Waals surface area contributed by atoms with Gasteiger partial charge in [-0.1, -0.05) is 35.8 Å². The van der Waals surface area contributed by atoms with Crippen LogP contribution in [0.1, 0.15) is 25.8 Å². The van der Waals surface area contributed by atoms with E-state index in [1.165, 1.54) is 16.9 Å². The summed E-state index contributed by atoms with van der Waals surface area (Å²) < 4.78 is 1.16. The Kier molecular flexibility index (Phi) is 6.37. The molecule has 1 nitrogen and oxygen atoms in total. The van der Waals surface area contributed by atoms with Gasteiger partial charge in [0.25, 0.3) is 0 Å². The summed E-state index contributed by atoms with van der Waals surface area (Å²) in [6.07, 6.45) is 1.19. The van der Waals surface area contributed by atoms with Gasteiger partial charge < -0.3 is 5.32 Å². The number of nitrogens with one attached hydrogen (secondary N) is 1. The molecule has 1 aromatic rings. The van der Waals surface area contributed by atoms with Crippen LogP contribution in [-0.2, 0) is 6.54 Å². The molecule has 0 radical (unpaired) electrons. The summed E-state index contributed by atoms with van der Waals surface area (Å²) in [5, 5.41) is 3.44. The van der Waals surface area contributed by atoms with E-state index in [-0.39, 0.29) is 0 Å². The summed E-state index contributed by atoms with van der Waals surface area (Å²) >= 11 is 5.42. The number of thioether (sulfide) groups is 1. The minimum atomic E-state index is 0.976. The number of hydrogen-bond donors (Lipinski definition) is 1. The zero-order chi connectivity index (χ0) is 11.1. The molecule has 84 valence electrons. The molecule has 0 aliphatic carbocycles. The fourth-order valence-corrected chi connectivity index (χ4v) is 2.72. The molecule has 0 heterocycles. The summed E-state index contributed by atoms with van der Waals surface area (Å²) in [7, 11) is 0. The van der Waals surface area contributed by atoms with Crippen molar-refractivity contribution >= 4 is 27.7 Å². The normalized spacial score (nSPS) is 10.6. The molecule has 0 fully saturated rings. The molecular weight excluding hydrogens is 270 g/mol. The van der Waals surface area contributed by atoms with Crippen molar-refractivity contribution in [1.29, 1.82) is 0 Å². The van der Waals surface area contributed by atoms with Gasteiger partial charge in [-0.05, 0) is 36.4 Å². The highest BCUT2D eigenvalue weighted by molar-refractivity contribution is 9.10. The van der Waals surface area contributed by atoms with Crippen molar-refractivity contribution in [3.63, 3.8) is 0 Å². The van der Waals surface area contributed by atoms with Gasteiger partial charge in [0, 0.05) is 15.9 Å². The van der Waals surface area contributed by atoms with Crippen LogP contribution in [0.25, 0.3) is 0 Å². The molecule has 0 aromatic heterocycles. The summed E-state index contributed by atoms with van der Waals surface area (Å²) in [5.74, 6) is 1.12. The Labute approximate surface area is 105 Å². The second-order valence-electron chi connectivity index (χ2n) is 3.36. The first kappa shape index (κ1) is 13.1. The minimum absolute atomic E-state index is 0.976. The van der Waals surface area contributed by atoms with Crippen LogP contribution in [0.2, 0.25) is 0 Å². The first-order chi connectivity index (χ1) is 7.27. The Morgan fingerprint density at radius 3 is 2.80 bits per heavy atom. The van der Waals surface area contributed by atoms with Gasteiger partial charge in [-0.15, -0.1) is 11.8 Å². The molecule has 0 saturated carbocycles. The zero-order valence-electron chi connectivity index (χ0n) is 9.35. The van der Waals surface area contributed by atoms with Crippen molar-refractivity contribution in [2.24, 2.45) is 0 Å². The Morgan fingerprint density at radius 1 is 1.33 bits per heavy atom. The molecule has 0 spiro atoms. The first-order valence-electron chi connectivity index (χ1n) is 5.39. The second-order valence-corrected chi connectivity index (χ2v) is 5.58. The third-order valence-electron chi connectivity index (χ3n) is 2.07. The SMILES string of the molecule is CCCNCc1ccc(Br)cc1SCC. The molecule has 15 heavy (non-hydrogen) atoms. The third-order valence-corrected chi connectivity index (χ3v) is 3.54. The van der Waals surface area contributed by atoms with Crippen LogP contribution in [0, 0.1) is 0 Å². The maximum Gasteiger partial charge on any atom is 0.0216 e. The molecule has 0 atom stereocenters. The minimum Gasteiger partial charge on any atom is -0.313 e. The zero-order valence-corrected chi connectivity index (χ0v) is 11.7. The molecular formula is C12H18BrNS. The monoisotopic (exact) mass is 287 g/mol. The molecule has 1 rings (SSSR count). The van der Waals surface area contributed by atoms with E-state index in [2.05, 4.69) is 53.3 Å². The predicted molar refractivity (Wildman–Crippen MR) is 72.5 cm³/mol. The van der Waals surface area contributed by atoms with Crippen LogP contribution in [0.5, 0.6) is 0 Å². The molecule has 1 aromatic carbocycles. The lowest BCUT2D eigenvalue weighted by Crippen LogP contribution is -2.14. The van der Waals surface area contributed by atoms with Crippen molar-refractivity contribution < 1.29 is 0 Å². The Balaban J connectivity index is 2.67. The lowest BCUT2D eigenvalue weighted by molar-refractivity contribution is 0.669. The van der Waals surface area contributed by atoms with Gasteiger partial charge in [-0.2, -0.15) is 0 Å². The van der Waals surface area contributed by atoms with Crippen molar-refractivity contribution in [3.8, 4) is 0 Å². The van der Waals surface area contributed by atoms with E-state index in [0.717, 1.165) is 23.3 Å². The van der Waals surface area contributed by atoms with Crippen molar-refractivity contribution in [1.82, 2.24) is 5.32 Å². The van der Waals surface area contributed by atoms with Gasteiger partial charge in [-0.3, -0.25) is 0 Å². The van der Waals surface area contributed by atoms with E-state index in [4.69, 9.17) is 0 Å². The average molecular weight is 288 g/mol. The molecule has 0 unspecified atom stereocenters. The van der Waals surface area contributed by atoms with E-state index < -0.39 is 0 Å². The Morgan fingerprint density at radius 2 is 2.13 bits per heavy atom. The smallest absolute Gasteiger partial charge is 0.0216 e. The molecule has 0 amide bonds. The lowest BCUT2D eigenvalue weighted by atomic mass is 10.2. The van der Waals surface area contributed by atoms with Crippen molar-refractivity contribution in [3.05, 3.63) is 28.2 Å². The van der Waals surface area contributed by atoms with E-state index in [1.54, 1.807) is 0 Å². The first-order valence-corrected chi connectivity index (χ1v) is 7.17. The number of hydrogen-bond acceptors (Lipinski definition) is 2. The fraction of sp³-hybridized carbons (Fsp3) is 0.500. The van der Waals surface area contributed by atoms with Gasteiger partial charge in [-0.25, -0.2) is 0 Å². The van der Waals surface area contributed by atoms with Crippen molar-refractivity contribution in [2.45, 2.75) is 31.7 Å². The number of rotatable bonds is 6. The largest absolute Gasteiger partial charge is 0.313 e. The standard InChI is InChI=1S/C12H18BrNS/c1-3-7-14-9-10-5-6-11(13)8-12(10)15-4-2/h5-6,8,14H,3-4,7,9H2,1-2H3. The van der Waals surface area contributed by atoms with E-state index >= 15 is 0 Å². The molecule has 1 N–H and O–H groups in total. The second kappa shape index (κ2) is 7.31. The molecule has 0 aliphatic rings. The molecule has 0 aliphatic heterocycles. The van der Waals surface area contributed by atoms with Crippen molar-refractivity contribution in [2.75, 3.05) is 12.3 Å². The maximum absolute atomic E-state index is 3.51. The van der Waals surface area contributed by atoms with Gasteiger partial charge in [0.1, 0.15) is 0 Å². The van der Waals surface area contributed by atoms with Crippen LogP contribution in [0.4, 0.5) is 0 Å². The highest BCUT2D eigenvalue weighted by Crippen LogP contribution is 2.26. The van der Waals surface area contributed by atoms with Crippen LogP contribution in [0.15, 0.2) is 27.6 Å². The van der Waals surface area contributed by atoms with Crippen LogP contribution in [-0.4, -0.2) is 12.3 Å².